The van der Waals surface area contributed by atoms with Gasteiger partial charge in [0.05, 0.1) is 19.1 Å². The van der Waals surface area contributed by atoms with Gasteiger partial charge in [0.1, 0.15) is 6.07 Å². The van der Waals surface area contributed by atoms with Crippen LogP contribution in [0.4, 0.5) is 0 Å². The Labute approximate surface area is 110 Å². The number of rotatable bonds is 2. The Morgan fingerprint density at radius 3 is 2.87 bits per heavy atom. The summed E-state index contributed by atoms with van der Waals surface area (Å²) in [5.41, 5.74) is 1.33. The maximum atomic E-state index is 11.1. The molecule has 1 aromatic rings. The van der Waals surface area contributed by atoms with Gasteiger partial charge in [-0.15, -0.1) is 0 Å². The van der Waals surface area contributed by atoms with E-state index >= 15 is 0 Å². The molecule has 1 rings (SSSR count). The van der Waals surface area contributed by atoms with Crippen LogP contribution in [0.1, 0.15) is 11.1 Å². The molecule has 0 saturated heterocycles. The molecule has 0 heterocycles. The zero-order valence-corrected chi connectivity index (χ0v) is 11.6. The van der Waals surface area contributed by atoms with E-state index in [4.69, 9.17) is 5.26 Å². The Kier molecular flexibility index (Phi) is 4.54. The Balaban J connectivity index is 3.07. The van der Waals surface area contributed by atoms with Crippen molar-refractivity contribution in [1.82, 2.24) is 0 Å². The molecular formula is C10H7BrINO2. The summed E-state index contributed by atoms with van der Waals surface area (Å²) in [7, 11) is 1.34. The van der Waals surface area contributed by atoms with Gasteiger partial charge in [0.2, 0.25) is 0 Å². The highest BCUT2D eigenvalue weighted by Gasteiger charge is 2.09. The number of carbonyl (C=O) groups is 1. The van der Waals surface area contributed by atoms with Crippen molar-refractivity contribution in [2.75, 3.05) is 7.11 Å². The molecule has 0 atom stereocenters. The van der Waals surface area contributed by atoms with Crippen LogP contribution in [0.15, 0.2) is 16.6 Å². The largest absolute Gasteiger partial charge is 0.469 e. The molecule has 0 unspecified atom stereocenters. The molecule has 0 aliphatic carbocycles. The Hall–Kier alpha value is -0.610. The molecule has 0 amide bonds. The smallest absolute Gasteiger partial charge is 0.309 e. The van der Waals surface area contributed by atoms with Gasteiger partial charge in [0, 0.05) is 8.04 Å². The minimum Gasteiger partial charge on any atom is -0.469 e. The second-order valence-corrected chi connectivity index (χ2v) is 4.74. The summed E-state index contributed by atoms with van der Waals surface area (Å²) in [4.78, 5) is 11.1. The standard InChI is InChI=1S/C10H7BrINO2/c1-15-9(14)4-6-2-7(5-13)10(12)8(11)3-6/h2-3H,4H2,1H3. The topological polar surface area (TPSA) is 50.1 Å². The maximum absolute atomic E-state index is 11.1. The van der Waals surface area contributed by atoms with Crippen molar-refractivity contribution in [1.29, 1.82) is 5.26 Å². The SMILES string of the molecule is COC(=O)Cc1cc(Br)c(I)c(C#N)c1. The minimum atomic E-state index is -0.313. The number of nitriles is 1. The summed E-state index contributed by atoms with van der Waals surface area (Å²) in [6, 6.07) is 5.59. The van der Waals surface area contributed by atoms with E-state index in [9.17, 15) is 4.79 Å². The average Bonchev–Trinajstić information content (AvgIpc) is 2.22. The molecule has 78 valence electrons. The number of carbonyl (C=O) groups excluding carboxylic acids is 1. The van der Waals surface area contributed by atoms with Crippen molar-refractivity contribution in [3.8, 4) is 6.07 Å². The van der Waals surface area contributed by atoms with E-state index in [0.29, 0.717) is 5.56 Å². The monoisotopic (exact) mass is 379 g/mol. The van der Waals surface area contributed by atoms with Crippen LogP contribution in [0, 0.1) is 14.9 Å². The molecule has 15 heavy (non-hydrogen) atoms. The van der Waals surface area contributed by atoms with E-state index in [1.165, 1.54) is 7.11 Å². The highest BCUT2D eigenvalue weighted by atomic mass is 127. The molecular weight excluding hydrogens is 373 g/mol. The zero-order valence-electron chi connectivity index (χ0n) is 7.88. The predicted molar refractivity (Wildman–Crippen MR) is 67.3 cm³/mol. The molecule has 0 bridgehead atoms. The van der Waals surface area contributed by atoms with Gasteiger partial charge in [-0.05, 0) is 56.2 Å². The molecule has 0 aliphatic rings. The van der Waals surface area contributed by atoms with Gasteiger partial charge in [0.25, 0.3) is 0 Å². The van der Waals surface area contributed by atoms with Crippen molar-refractivity contribution < 1.29 is 9.53 Å². The lowest BCUT2D eigenvalue weighted by molar-refractivity contribution is -0.139. The highest BCUT2D eigenvalue weighted by Crippen LogP contribution is 2.24. The first-order valence-corrected chi connectivity index (χ1v) is 5.90. The van der Waals surface area contributed by atoms with Crippen LogP contribution in [0.5, 0.6) is 0 Å². The fourth-order valence-corrected chi connectivity index (χ4v) is 2.01. The number of hydrogen-bond donors (Lipinski definition) is 0. The lowest BCUT2D eigenvalue weighted by Gasteiger charge is -2.04. The van der Waals surface area contributed by atoms with Gasteiger partial charge in [-0.1, -0.05) is 0 Å². The number of nitrogens with zero attached hydrogens (tertiary/aromatic N) is 1. The number of ether oxygens (including phenoxy) is 1. The lowest BCUT2D eigenvalue weighted by Crippen LogP contribution is -2.05. The normalized spacial score (nSPS) is 9.47. The Bertz CT molecular complexity index is 440. The van der Waals surface area contributed by atoms with Crippen LogP contribution in [0.25, 0.3) is 0 Å². The second kappa shape index (κ2) is 5.47. The van der Waals surface area contributed by atoms with E-state index in [0.717, 1.165) is 13.6 Å². The molecule has 0 radical (unpaired) electrons. The average molecular weight is 380 g/mol. The van der Waals surface area contributed by atoms with Crippen LogP contribution < -0.4 is 0 Å². The fourth-order valence-electron chi connectivity index (χ4n) is 1.07. The summed E-state index contributed by atoms with van der Waals surface area (Å²) in [6.07, 6.45) is 0.181. The van der Waals surface area contributed by atoms with Crippen LogP contribution in [-0.4, -0.2) is 13.1 Å². The third-order valence-corrected chi connectivity index (χ3v) is 4.31. The van der Waals surface area contributed by atoms with Gasteiger partial charge in [0.15, 0.2) is 0 Å². The fraction of sp³-hybridized carbons (Fsp3) is 0.200. The van der Waals surface area contributed by atoms with Gasteiger partial charge in [-0.2, -0.15) is 5.26 Å². The number of benzene rings is 1. The second-order valence-electron chi connectivity index (χ2n) is 2.80. The minimum absolute atomic E-state index is 0.181. The predicted octanol–water partition coefficient (Wildman–Crippen LogP) is 2.64. The Morgan fingerprint density at radius 2 is 2.33 bits per heavy atom. The number of halogens is 2. The molecule has 3 nitrogen and oxygen atoms in total. The van der Waals surface area contributed by atoms with Crippen molar-refractivity contribution in [3.63, 3.8) is 0 Å². The van der Waals surface area contributed by atoms with E-state index in [1.54, 1.807) is 6.07 Å². The number of methoxy groups -OCH3 is 1. The van der Waals surface area contributed by atoms with Crippen LogP contribution >= 0.6 is 38.5 Å². The van der Waals surface area contributed by atoms with E-state index in [-0.39, 0.29) is 12.4 Å². The lowest BCUT2D eigenvalue weighted by atomic mass is 10.1. The van der Waals surface area contributed by atoms with Gasteiger partial charge in [-0.3, -0.25) is 4.79 Å². The van der Waals surface area contributed by atoms with Crippen molar-refractivity contribution in [2.24, 2.45) is 0 Å². The first-order chi connectivity index (χ1) is 7.08. The molecule has 0 aliphatic heterocycles. The first-order valence-electron chi connectivity index (χ1n) is 4.03. The van der Waals surface area contributed by atoms with Crippen LogP contribution in [-0.2, 0) is 16.0 Å². The Morgan fingerprint density at radius 1 is 1.67 bits per heavy atom. The maximum Gasteiger partial charge on any atom is 0.309 e. The van der Waals surface area contributed by atoms with Gasteiger partial charge >= 0.3 is 5.97 Å². The van der Waals surface area contributed by atoms with Crippen molar-refractivity contribution >= 4 is 44.5 Å². The van der Waals surface area contributed by atoms with E-state index < -0.39 is 0 Å². The molecule has 0 saturated carbocycles. The molecule has 5 heteroatoms. The quantitative estimate of drug-likeness (QED) is 0.586. The first kappa shape index (κ1) is 12.5. The van der Waals surface area contributed by atoms with Crippen LogP contribution in [0.3, 0.4) is 0 Å². The zero-order chi connectivity index (χ0) is 11.4. The van der Waals surface area contributed by atoms with E-state index in [1.807, 2.05) is 6.07 Å². The summed E-state index contributed by atoms with van der Waals surface area (Å²) in [5, 5.41) is 8.87. The molecule has 0 spiro atoms. The van der Waals surface area contributed by atoms with E-state index in [2.05, 4.69) is 49.3 Å². The molecule has 0 aromatic heterocycles. The summed E-state index contributed by atoms with van der Waals surface area (Å²) in [6.45, 7) is 0. The molecule has 0 N–H and O–H groups in total. The van der Waals surface area contributed by atoms with Crippen LogP contribution in [0.2, 0.25) is 0 Å². The van der Waals surface area contributed by atoms with Crippen molar-refractivity contribution in [2.45, 2.75) is 6.42 Å². The van der Waals surface area contributed by atoms with Gasteiger partial charge in [-0.25, -0.2) is 0 Å². The number of esters is 1. The van der Waals surface area contributed by atoms with Crippen molar-refractivity contribution in [3.05, 3.63) is 31.3 Å². The third-order valence-electron chi connectivity index (χ3n) is 1.78. The molecule has 0 fully saturated rings. The molecule has 1 aromatic carbocycles. The summed E-state index contributed by atoms with van der Waals surface area (Å²) >= 11 is 5.42. The van der Waals surface area contributed by atoms with Gasteiger partial charge < -0.3 is 4.74 Å². The summed E-state index contributed by atoms with van der Waals surface area (Å²) < 4.78 is 6.23. The summed E-state index contributed by atoms with van der Waals surface area (Å²) in [5.74, 6) is -0.313. The number of hydrogen-bond acceptors (Lipinski definition) is 3. The highest BCUT2D eigenvalue weighted by molar-refractivity contribution is 14.1. The third kappa shape index (κ3) is 3.18.